The van der Waals surface area contributed by atoms with E-state index in [1.54, 1.807) is 29.7 Å². The van der Waals surface area contributed by atoms with E-state index >= 15 is 0 Å². The highest BCUT2D eigenvalue weighted by Gasteiger charge is 2.01. The van der Waals surface area contributed by atoms with Gasteiger partial charge in [0.2, 0.25) is 0 Å². The fraction of sp³-hybridized carbons (Fsp3) is 0.385. The van der Waals surface area contributed by atoms with Gasteiger partial charge in [-0.15, -0.1) is 11.3 Å². The molecule has 2 aromatic heterocycles. The van der Waals surface area contributed by atoms with E-state index in [4.69, 9.17) is 0 Å². The lowest BCUT2D eigenvalue weighted by atomic mass is 10.3. The van der Waals surface area contributed by atoms with E-state index in [9.17, 15) is 0 Å². The maximum Gasteiger partial charge on any atom is 0.191 e. The molecule has 0 saturated heterocycles. The molecule has 2 heterocycles. The molecule has 2 aromatic rings. The second-order valence-electron chi connectivity index (χ2n) is 4.09. The van der Waals surface area contributed by atoms with E-state index in [-0.39, 0.29) is 0 Å². The number of rotatable bonds is 5. The first-order valence-electron chi connectivity index (χ1n) is 6.14. The summed E-state index contributed by atoms with van der Waals surface area (Å²) >= 11 is 3.40. The summed E-state index contributed by atoms with van der Waals surface area (Å²) in [6.45, 7) is 3.68. The van der Waals surface area contributed by atoms with Crippen molar-refractivity contribution >= 4 is 28.6 Å². The first-order valence-corrected chi connectivity index (χ1v) is 7.97. The summed E-state index contributed by atoms with van der Waals surface area (Å²) in [4.78, 5) is 8.64. The molecule has 2 N–H and O–H groups in total. The van der Waals surface area contributed by atoms with Crippen molar-refractivity contribution in [3.8, 4) is 0 Å². The van der Waals surface area contributed by atoms with E-state index in [1.807, 2.05) is 6.92 Å². The molecule has 6 heteroatoms. The van der Waals surface area contributed by atoms with Gasteiger partial charge in [0.05, 0.1) is 10.7 Å². The smallest absolute Gasteiger partial charge is 0.191 e. The fourth-order valence-corrected chi connectivity index (χ4v) is 2.95. The maximum absolute atomic E-state index is 4.44. The number of guanidine groups is 1. The molecule has 0 aliphatic rings. The maximum atomic E-state index is 4.44. The van der Waals surface area contributed by atoms with Crippen molar-refractivity contribution < 1.29 is 0 Å². The monoisotopic (exact) mass is 294 g/mol. The summed E-state index contributed by atoms with van der Waals surface area (Å²) in [7, 11) is 1.79. The van der Waals surface area contributed by atoms with Crippen molar-refractivity contribution in [2.45, 2.75) is 19.9 Å². The molecule has 4 nitrogen and oxygen atoms in total. The molecule has 0 aliphatic heterocycles. The number of thiazole rings is 1. The normalized spacial score (nSPS) is 11.6. The van der Waals surface area contributed by atoms with Gasteiger partial charge in [0, 0.05) is 31.9 Å². The third-order valence-electron chi connectivity index (χ3n) is 2.60. The average Bonchev–Trinajstić information content (AvgIpc) is 3.05. The minimum absolute atomic E-state index is 0.805. The molecule has 0 unspecified atom stereocenters. The molecule has 0 bridgehead atoms. The summed E-state index contributed by atoms with van der Waals surface area (Å²) in [5.74, 6) is 0.832. The largest absolute Gasteiger partial charge is 0.356 e. The van der Waals surface area contributed by atoms with Gasteiger partial charge >= 0.3 is 0 Å². The molecule has 2 rings (SSSR count). The molecular weight excluding hydrogens is 276 g/mol. The molecule has 0 aliphatic carbocycles. The third kappa shape index (κ3) is 4.65. The zero-order valence-electron chi connectivity index (χ0n) is 11.1. The second-order valence-corrected chi connectivity index (χ2v) is 5.93. The Morgan fingerprint density at radius 2 is 2.26 bits per heavy atom. The molecule has 0 radical (unpaired) electrons. The SMILES string of the molecule is CN=C(NCCc1csc(C)n1)NCc1ccsc1. The Hall–Kier alpha value is -1.40. The second kappa shape index (κ2) is 7.25. The number of aliphatic imine (C=N–C) groups is 1. The van der Waals surface area contributed by atoms with Gasteiger partial charge in [0.1, 0.15) is 0 Å². The molecule has 102 valence electrons. The number of hydrogen-bond acceptors (Lipinski definition) is 4. The van der Waals surface area contributed by atoms with Gasteiger partial charge < -0.3 is 10.6 Å². The van der Waals surface area contributed by atoms with Crippen molar-refractivity contribution in [3.63, 3.8) is 0 Å². The minimum atomic E-state index is 0.805. The Labute approximate surface area is 121 Å². The van der Waals surface area contributed by atoms with E-state index < -0.39 is 0 Å². The fourth-order valence-electron chi connectivity index (χ4n) is 1.63. The first-order chi connectivity index (χ1) is 9.28. The van der Waals surface area contributed by atoms with Gasteiger partial charge in [-0.1, -0.05) is 0 Å². The molecule has 0 amide bonds. The van der Waals surface area contributed by atoms with Crippen LogP contribution in [0.5, 0.6) is 0 Å². The van der Waals surface area contributed by atoms with Crippen molar-refractivity contribution in [1.82, 2.24) is 15.6 Å². The number of aromatic nitrogens is 1. The van der Waals surface area contributed by atoms with Crippen LogP contribution in [0.15, 0.2) is 27.2 Å². The molecule has 0 spiro atoms. The van der Waals surface area contributed by atoms with E-state index in [2.05, 4.69) is 42.8 Å². The highest BCUT2D eigenvalue weighted by molar-refractivity contribution is 7.09. The Kier molecular flexibility index (Phi) is 5.35. The lowest BCUT2D eigenvalue weighted by Crippen LogP contribution is -2.37. The van der Waals surface area contributed by atoms with Crippen molar-refractivity contribution in [2.75, 3.05) is 13.6 Å². The van der Waals surface area contributed by atoms with Crippen LogP contribution in [0.3, 0.4) is 0 Å². The zero-order chi connectivity index (χ0) is 13.5. The number of aryl methyl sites for hydroxylation is 1. The predicted octanol–water partition coefficient (Wildman–Crippen LogP) is 2.42. The molecular formula is C13H18N4S2. The highest BCUT2D eigenvalue weighted by Crippen LogP contribution is 2.07. The molecule has 0 atom stereocenters. The topological polar surface area (TPSA) is 49.3 Å². The molecule has 0 aromatic carbocycles. The standard InChI is InChI=1S/C13H18N4S2/c1-10-17-12(9-19-10)3-5-15-13(14-2)16-7-11-4-6-18-8-11/h4,6,8-9H,3,5,7H2,1-2H3,(H2,14,15,16). The van der Waals surface area contributed by atoms with Crippen LogP contribution in [0.4, 0.5) is 0 Å². The summed E-state index contributed by atoms with van der Waals surface area (Å²) in [5.41, 5.74) is 2.42. The molecule has 0 saturated carbocycles. The van der Waals surface area contributed by atoms with Crippen LogP contribution in [-0.4, -0.2) is 24.5 Å². The lowest BCUT2D eigenvalue weighted by Gasteiger charge is -2.10. The van der Waals surface area contributed by atoms with Crippen LogP contribution in [0, 0.1) is 6.92 Å². The lowest BCUT2D eigenvalue weighted by molar-refractivity contribution is 0.787. The van der Waals surface area contributed by atoms with E-state index in [0.717, 1.165) is 36.2 Å². The Morgan fingerprint density at radius 3 is 2.89 bits per heavy atom. The number of nitrogens with one attached hydrogen (secondary N) is 2. The minimum Gasteiger partial charge on any atom is -0.356 e. The van der Waals surface area contributed by atoms with Gasteiger partial charge in [0.25, 0.3) is 0 Å². The van der Waals surface area contributed by atoms with Crippen LogP contribution < -0.4 is 10.6 Å². The summed E-state index contributed by atoms with van der Waals surface area (Å²) in [6.07, 6.45) is 0.920. The van der Waals surface area contributed by atoms with Crippen molar-refractivity contribution in [3.05, 3.63) is 38.5 Å². The van der Waals surface area contributed by atoms with Crippen LogP contribution in [-0.2, 0) is 13.0 Å². The van der Waals surface area contributed by atoms with Gasteiger partial charge in [-0.05, 0) is 29.3 Å². The van der Waals surface area contributed by atoms with Gasteiger partial charge in [-0.25, -0.2) is 4.98 Å². The average molecular weight is 294 g/mol. The summed E-state index contributed by atoms with van der Waals surface area (Å²) in [5, 5.41) is 14.0. The van der Waals surface area contributed by atoms with Gasteiger partial charge in [-0.3, -0.25) is 4.99 Å². The Balaban J connectivity index is 1.71. The third-order valence-corrected chi connectivity index (χ3v) is 4.16. The summed E-state index contributed by atoms with van der Waals surface area (Å²) in [6, 6.07) is 2.11. The number of thiophene rings is 1. The zero-order valence-corrected chi connectivity index (χ0v) is 12.8. The predicted molar refractivity (Wildman–Crippen MR) is 83.1 cm³/mol. The molecule has 0 fully saturated rings. The number of hydrogen-bond donors (Lipinski definition) is 2. The Morgan fingerprint density at radius 1 is 1.37 bits per heavy atom. The van der Waals surface area contributed by atoms with Crippen molar-refractivity contribution in [1.29, 1.82) is 0 Å². The van der Waals surface area contributed by atoms with Gasteiger partial charge in [-0.2, -0.15) is 11.3 Å². The van der Waals surface area contributed by atoms with E-state index in [1.165, 1.54) is 5.56 Å². The van der Waals surface area contributed by atoms with Crippen LogP contribution >= 0.6 is 22.7 Å². The van der Waals surface area contributed by atoms with Crippen LogP contribution in [0.1, 0.15) is 16.3 Å². The van der Waals surface area contributed by atoms with Crippen LogP contribution in [0.25, 0.3) is 0 Å². The Bertz CT molecular complexity index is 516. The first kappa shape index (κ1) is 14.0. The van der Waals surface area contributed by atoms with Crippen LogP contribution in [0.2, 0.25) is 0 Å². The van der Waals surface area contributed by atoms with Crippen molar-refractivity contribution in [2.24, 2.45) is 4.99 Å². The highest BCUT2D eigenvalue weighted by atomic mass is 32.1. The van der Waals surface area contributed by atoms with Gasteiger partial charge in [0.15, 0.2) is 5.96 Å². The summed E-state index contributed by atoms with van der Waals surface area (Å²) < 4.78 is 0. The number of nitrogens with zero attached hydrogens (tertiary/aromatic N) is 2. The quantitative estimate of drug-likeness (QED) is 0.658. The molecule has 19 heavy (non-hydrogen) atoms. The van der Waals surface area contributed by atoms with E-state index in [0.29, 0.717) is 0 Å².